The predicted octanol–water partition coefficient (Wildman–Crippen LogP) is 2.74. The molecule has 0 aliphatic heterocycles. The normalized spacial score (nSPS) is 10.9. The second kappa shape index (κ2) is 6.47. The van der Waals surface area contributed by atoms with Crippen LogP contribution in [0.4, 0.5) is 23.9 Å². The van der Waals surface area contributed by atoms with Crippen molar-refractivity contribution in [2.24, 2.45) is 0 Å². The molecule has 0 bridgehead atoms. The van der Waals surface area contributed by atoms with E-state index in [-0.39, 0.29) is 27.7 Å². The molecule has 0 unspecified atom stereocenters. The lowest BCUT2D eigenvalue weighted by atomic mass is 10.2. The van der Waals surface area contributed by atoms with Crippen molar-refractivity contribution in [3.05, 3.63) is 10.4 Å². The third-order valence-electron chi connectivity index (χ3n) is 2.21. The Morgan fingerprint density at radius 3 is 2.70 bits per heavy atom. The van der Waals surface area contributed by atoms with Crippen LogP contribution in [0.5, 0.6) is 0 Å². The second-order valence-corrected chi connectivity index (χ2v) is 4.69. The average Bonchev–Trinajstić information content (AvgIpc) is 2.64. The van der Waals surface area contributed by atoms with Crippen LogP contribution >= 0.6 is 11.3 Å². The number of carbonyl (C=O) groups is 1. The lowest BCUT2D eigenvalue weighted by molar-refractivity contribution is -0.131. The highest BCUT2D eigenvalue weighted by Crippen LogP contribution is 2.35. The van der Waals surface area contributed by atoms with Crippen molar-refractivity contribution in [1.82, 2.24) is 0 Å². The Hall–Kier alpha value is -1.95. The monoisotopic (exact) mass is 307 g/mol. The summed E-state index contributed by atoms with van der Waals surface area (Å²) in [6.07, 6.45) is -5.35. The zero-order valence-electron chi connectivity index (χ0n) is 10.5. The molecule has 1 rings (SSSR count). The highest BCUT2D eigenvalue weighted by molar-refractivity contribution is 7.18. The van der Waals surface area contributed by atoms with Gasteiger partial charge in [0.2, 0.25) is 0 Å². The number of nitrogens with zero attached hydrogens (tertiary/aromatic N) is 1. The molecule has 20 heavy (non-hydrogen) atoms. The van der Waals surface area contributed by atoms with Gasteiger partial charge in [0.05, 0.1) is 18.7 Å². The van der Waals surface area contributed by atoms with Gasteiger partial charge >= 0.3 is 12.1 Å². The SMILES string of the molecule is CCOC(=O)c1sc(NCCC(F)(F)F)c(C#N)c1N. The van der Waals surface area contributed by atoms with Gasteiger partial charge in [-0.25, -0.2) is 4.79 Å². The Morgan fingerprint density at radius 2 is 2.20 bits per heavy atom. The fraction of sp³-hybridized carbons (Fsp3) is 0.455. The number of nitriles is 1. The van der Waals surface area contributed by atoms with E-state index in [1.807, 2.05) is 0 Å². The molecule has 9 heteroatoms. The van der Waals surface area contributed by atoms with Gasteiger partial charge in [-0.2, -0.15) is 18.4 Å². The first-order valence-electron chi connectivity index (χ1n) is 5.60. The van der Waals surface area contributed by atoms with E-state index in [1.54, 1.807) is 13.0 Å². The van der Waals surface area contributed by atoms with E-state index in [0.29, 0.717) is 0 Å². The van der Waals surface area contributed by atoms with Gasteiger partial charge < -0.3 is 15.8 Å². The highest BCUT2D eigenvalue weighted by atomic mass is 32.1. The molecule has 1 aromatic heterocycles. The summed E-state index contributed by atoms with van der Waals surface area (Å²) in [5, 5.41) is 11.5. The Balaban J connectivity index is 2.89. The number of ether oxygens (including phenoxy) is 1. The van der Waals surface area contributed by atoms with Crippen molar-refractivity contribution < 1.29 is 22.7 Å². The molecular formula is C11H12F3N3O2S. The molecule has 0 fully saturated rings. The van der Waals surface area contributed by atoms with Crippen molar-refractivity contribution in [2.45, 2.75) is 19.5 Å². The Labute approximate surface area is 117 Å². The summed E-state index contributed by atoms with van der Waals surface area (Å²) in [7, 11) is 0. The van der Waals surface area contributed by atoms with Gasteiger partial charge in [0.25, 0.3) is 0 Å². The number of carbonyl (C=O) groups excluding carboxylic acids is 1. The van der Waals surface area contributed by atoms with Crippen LogP contribution in [0.25, 0.3) is 0 Å². The molecule has 0 aromatic carbocycles. The van der Waals surface area contributed by atoms with Gasteiger partial charge in [-0.3, -0.25) is 0 Å². The van der Waals surface area contributed by atoms with E-state index in [4.69, 9.17) is 15.7 Å². The Bertz CT molecular complexity index is 534. The number of nitrogens with one attached hydrogen (secondary N) is 1. The summed E-state index contributed by atoms with van der Waals surface area (Å²) < 4.78 is 40.9. The van der Waals surface area contributed by atoms with E-state index in [9.17, 15) is 18.0 Å². The lowest BCUT2D eigenvalue weighted by Crippen LogP contribution is -2.14. The summed E-state index contributed by atoms with van der Waals surface area (Å²) in [6.45, 7) is 1.34. The molecule has 0 amide bonds. The molecule has 0 spiro atoms. The molecule has 0 saturated heterocycles. The first-order chi connectivity index (χ1) is 9.30. The first-order valence-corrected chi connectivity index (χ1v) is 6.42. The van der Waals surface area contributed by atoms with Crippen LogP contribution < -0.4 is 11.1 Å². The van der Waals surface area contributed by atoms with Crippen LogP contribution in [0.1, 0.15) is 28.6 Å². The smallest absolute Gasteiger partial charge is 0.390 e. The van der Waals surface area contributed by atoms with Gasteiger partial charge in [0.15, 0.2) is 0 Å². The largest absolute Gasteiger partial charge is 0.462 e. The molecule has 1 aromatic rings. The van der Waals surface area contributed by atoms with Gasteiger partial charge in [-0.15, -0.1) is 11.3 Å². The number of halogens is 3. The van der Waals surface area contributed by atoms with Crippen molar-refractivity contribution >= 4 is 28.0 Å². The molecule has 3 N–H and O–H groups in total. The maximum atomic E-state index is 12.1. The maximum Gasteiger partial charge on any atom is 0.390 e. The minimum Gasteiger partial charge on any atom is -0.462 e. The van der Waals surface area contributed by atoms with E-state index in [1.165, 1.54) is 0 Å². The van der Waals surface area contributed by atoms with Crippen molar-refractivity contribution in [2.75, 3.05) is 24.2 Å². The minimum absolute atomic E-state index is 0.0120. The van der Waals surface area contributed by atoms with E-state index < -0.39 is 25.1 Å². The molecule has 1 heterocycles. The summed E-state index contributed by atoms with van der Waals surface area (Å²) in [6, 6.07) is 1.76. The third kappa shape index (κ3) is 4.03. The number of hydrogen-bond donors (Lipinski definition) is 2. The quantitative estimate of drug-likeness (QED) is 0.817. The third-order valence-corrected chi connectivity index (χ3v) is 3.36. The number of nitrogen functional groups attached to an aromatic ring is 1. The van der Waals surface area contributed by atoms with Gasteiger partial charge in [0.1, 0.15) is 21.5 Å². The van der Waals surface area contributed by atoms with E-state index >= 15 is 0 Å². The fourth-order valence-electron chi connectivity index (χ4n) is 1.35. The number of rotatable bonds is 5. The number of thiophene rings is 1. The Kier molecular flexibility index (Phi) is 5.21. The van der Waals surface area contributed by atoms with Crippen LogP contribution in [0.3, 0.4) is 0 Å². The van der Waals surface area contributed by atoms with Crippen LogP contribution in [-0.4, -0.2) is 25.3 Å². The van der Waals surface area contributed by atoms with Crippen LogP contribution in [0.2, 0.25) is 0 Å². The number of alkyl halides is 3. The van der Waals surface area contributed by atoms with Crippen molar-refractivity contribution in [1.29, 1.82) is 5.26 Å². The van der Waals surface area contributed by atoms with Crippen molar-refractivity contribution in [3.63, 3.8) is 0 Å². The summed E-state index contributed by atoms with van der Waals surface area (Å²) in [5.74, 6) is -0.699. The second-order valence-electron chi connectivity index (χ2n) is 3.67. The van der Waals surface area contributed by atoms with E-state index in [2.05, 4.69) is 5.32 Å². The number of nitrogens with two attached hydrogens (primary N) is 1. The van der Waals surface area contributed by atoms with Gasteiger partial charge in [0, 0.05) is 6.54 Å². The minimum atomic E-state index is -4.30. The fourth-order valence-corrected chi connectivity index (χ4v) is 2.34. The maximum absolute atomic E-state index is 12.1. The number of anilines is 2. The molecular weight excluding hydrogens is 295 g/mol. The average molecular weight is 307 g/mol. The zero-order chi connectivity index (χ0) is 15.3. The standard InChI is InChI=1S/C11H12F3N3O2S/c1-2-19-10(18)8-7(16)6(5-15)9(20-8)17-4-3-11(12,13)14/h17H,2-4,16H2,1H3. The van der Waals surface area contributed by atoms with Crippen LogP contribution in [0.15, 0.2) is 0 Å². The van der Waals surface area contributed by atoms with Crippen molar-refractivity contribution in [3.8, 4) is 6.07 Å². The number of esters is 1. The summed E-state index contributed by atoms with van der Waals surface area (Å²) >= 11 is 0.809. The molecule has 0 radical (unpaired) electrons. The summed E-state index contributed by atoms with van der Waals surface area (Å²) in [5.41, 5.74) is 5.51. The molecule has 0 aliphatic carbocycles. The van der Waals surface area contributed by atoms with Crippen LogP contribution in [-0.2, 0) is 4.74 Å². The zero-order valence-corrected chi connectivity index (χ0v) is 11.3. The van der Waals surface area contributed by atoms with Gasteiger partial charge in [-0.05, 0) is 6.92 Å². The van der Waals surface area contributed by atoms with Gasteiger partial charge in [-0.1, -0.05) is 0 Å². The topological polar surface area (TPSA) is 88.1 Å². The highest BCUT2D eigenvalue weighted by Gasteiger charge is 2.27. The number of hydrogen-bond acceptors (Lipinski definition) is 6. The lowest BCUT2D eigenvalue weighted by Gasteiger charge is -2.07. The molecule has 0 saturated carbocycles. The molecule has 0 atom stereocenters. The molecule has 5 nitrogen and oxygen atoms in total. The molecule has 0 aliphatic rings. The van der Waals surface area contributed by atoms with E-state index in [0.717, 1.165) is 11.3 Å². The summed E-state index contributed by atoms with van der Waals surface area (Å²) in [4.78, 5) is 11.6. The first kappa shape index (κ1) is 16.1. The molecule has 110 valence electrons. The Morgan fingerprint density at radius 1 is 1.55 bits per heavy atom. The van der Waals surface area contributed by atoms with Crippen LogP contribution in [0, 0.1) is 11.3 Å². The predicted molar refractivity (Wildman–Crippen MR) is 68.6 cm³/mol.